The fourth-order valence-electron chi connectivity index (χ4n) is 5.71. The number of amides is 1. The number of benzene rings is 4. The van der Waals surface area contributed by atoms with Gasteiger partial charge in [0.15, 0.2) is 0 Å². The number of para-hydroxylation sites is 1. The molecule has 1 amide bonds. The van der Waals surface area contributed by atoms with Crippen molar-refractivity contribution < 1.29 is 24.2 Å². The van der Waals surface area contributed by atoms with Gasteiger partial charge in [-0.1, -0.05) is 103 Å². The van der Waals surface area contributed by atoms with Gasteiger partial charge in [0, 0.05) is 30.3 Å². The normalized spacial score (nSPS) is 15.3. The van der Waals surface area contributed by atoms with E-state index in [4.69, 9.17) is 9.47 Å². The van der Waals surface area contributed by atoms with Crippen molar-refractivity contribution in [1.29, 1.82) is 0 Å². The van der Waals surface area contributed by atoms with Crippen LogP contribution in [0.2, 0.25) is 0 Å². The number of nitrogens with one attached hydrogen (secondary N) is 2. The summed E-state index contributed by atoms with van der Waals surface area (Å²) in [6.45, 7) is 6.37. The van der Waals surface area contributed by atoms with E-state index in [2.05, 4.69) is 83.4 Å². The molecule has 0 saturated carbocycles. The number of carbonyl (C=O) groups is 2. The molecule has 5 rings (SSSR count). The summed E-state index contributed by atoms with van der Waals surface area (Å²) in [5.74, 6) is -0.0700. The van der Waals surface area contributed by atoms with Crippen LogP contribution >= 0.6 is 11.8 Å². The Morgan fingerprint density at radius 2 is 1.42 bits per heavy atom. The first-order valence-electron chi connectivity index (χ1n) is 15.2. The van der Waals surface area contributed by atoms with E-state index in [1.54, 1.807) is 23.9 Å². The van der Waals surface area contributed by atoms with Crippen LogP contribution < -0.4 is 15.4 Å². The third kappa shape index (κ3) is 7.70. The zero-order chi connectivity index (χ0) is 31.9. The minimum Gasteiger partial charge on any atom is -0.492 e. The third-order valence-electron chi connectivity index (χ3n) is 7.68. The predicted molar refractivity (Wildman–Crippen MR) is 179 cm³/mol. The summed E-state index contributed by atoms with van der Waals surface area (Å²) < 4.78 is 10.9. The number of hydrogen-bond donors (Lipinski definition) is 3. The number of thioether (sulfide) groups is 1. The maximum Gasteiger partial charge on any atom is 0.407 e. The van der Waals surface area contributed by atoms with Crippen LogP contribution in [-0.2, 0) is 9.48 Å². The van der Waals surface area contributed by atoms with Gasteiger partial charge < -0.3 is 25.2 Å². The summed E-state index contributed by atoms with van der Waals surface area (Å²) >= 11 is 1.76. The molecule has 8 heteroatoms. The van der Waals surface area contributed by atoms with Gasteiger partial charge in [-0.25, -0.2) is 9.59 Å². The van der Waals surface area contributed by atoms with Crippen LogP contribution in [0.15, 0.2) is 109 Å². The molecule has 0 bridgehead atoms. The van der Waals surface area contributed by atoms with Gasteiger partial charge in [-0.15, -0.1) is 11.8 Å². The monoisotopic (exact) mass is 624 g/mol. The number of carbonyl (C=O) groups excluding carboxylic acids is 1. The van der Waals surface area contributed by atoms with Crippen molar-refractivity contribution in [3.05, 3.63) is 137 Å². The highest BCUT2D eigenvalue weighted by atomic mass is 32.2. The molecule has 45 heavy (non-hydrogen) atoms. The molecule has 1 aliphatic heterocycles. The molecule has 1 heterocycles. The molecule has 0 radical (unpaired) electrons. The topological polar surface area (TPSA) is 96.9 Å². The fraction of sp³-hybridized carbons (Fsp3) is 0.297. The van der Waals surface area contributed by atoms with Crippen LogP contribution in [0.4, 0.5) is 4.79 Å². The molecule has 2 atom stereocenters. The van der Waals surface area contributed by atoms with Crippen molar-refractivity contribution in [2.24, 2.45) is 0 Å². The standard InChI is InChI=1S/C37H40N2O5S/c1-36(2,3)44-35(42)39-29(24-38-32-22-23-43-33-30(32)20-13-21-31(33)34(40)41)25-45-37(26-14-7-4-8-15-26,27-16-9-5-10-17-27)28-18-11-6-12-19-28/h4-21,29,32,38H,22-25H2,1-3H3,(H,39,42)(H,40,41)/t29-,32?/m1/s1. The number of carboxylic acid groups (broad SMARTS) is 1. The molecule has 234 valence electrons. The number of hydrogen-bond acceptors (Lipinski definition) is 6. The van der Waals surface area contributed by atoms with E-state index in [9.17, 15) is 14.7 Å². The highest BCUT2D eigenvalue weighted by Crippen LogP contribution is 2.48. The minimum atomic E-state index is -1.02. The van der Waals surface area contributed by atoms with Crippen molar-refractivity contribution in [2.75, 3.05) is 18.9 Å². The van der Waals surface area contributed by atoms with Crippen molar-refractivity contribution in [3.63, 3.8) is 0 Å². The number of alkyl carbamates (subject to hydrolysis) is 1. The Balaban J connectivity index is 1.47. The lowest BCUT2D eigenvalue weighted by Gasteiger charge is -2.37. The summed E-state index contributed by atoms with van der Waals surface area (Å²) in [4.78, 5) is 25.0. The van der Waals surface area contributed by atoms with Crippen molar-refractivity contribution in [2.45, 2.75) is 49.6 Å². The number of aromatic carboxylic acids is 1. The molecular formula is C37H40N2O5S. The Morgan fingerprint density at radius 3 is 1.93 bits per heavy atom. The van der Waals surface area contributed by atoms with E-state index in [-0.39, 0.29) is 17.6 Å². The first-order valence-corrected chi connectivity index (χ1v) is 16.2. The lowest BCUT2D eigenvalue weighted by atomic mass is 9.84. The SMILES string of the molecule is CC(C)(C)OC(=O)N[C@H](CNC1CCOc2c(C(=O)O)cccc21)CSC(c1ccccc1)(c1ccccc1)c1ccccc1. The number of carboxylic acids is 1. The lowest BCUT2D eigenvalue weighted by Crippen LogP contribution is -2.47. The van der Waals surface area contributed by atoms with E-state index in [0.29, 0.717) is 31.1 Å². The molecule has 0 saturated heterocycles. The molecule has 0 fully saturated rings. The summed E-state index contributed by atoms with van der Waals surface area (Å²) in [5, 5.41) is 16.4. The van der Waals surface area contributed by atoms with Crippen LogP contribution in [0.1, 0.15) is 65.8 Å². The maximum absolute atomic E-state index is 13.1. The molecule has 4 aromatic carbocycles. The maximum atomic E-state index is 13.1. The van der Waals surface area contributed by atoms with Gasteiger partial charge in [-0.05, 0) is 43.5 Å². The van der Waals surface area contributed by atoms with E-state index >= 15 is 0 Å². The summed E-state index contributed by atoms with van der Waals surface area (Å²) in [5.41, 5.74) is 3.71. The Labute approximate surface area is 269 Å². The zero-order valence-corrected chi connectivity index (χ0v) is 26.7. The number of rotatable bonds is 11. The van der Waals surface area contributed by atoms with E-state index in [0.717, 1.165) is 22.3 Å². The highest BCUT2D eigenvalue weighted by Gasteiger charge is 2.38. The van der Waals surface area contributed by atoms with Crippen molar-refractivity contribution >= 4 is 23.8 Å². The Bertz CT molecular complexity index is 1480. The minimum absolute atomic E-state index is 0.136. The molecule has 3 N–H and O–H groups in total. The van der Waals surface area contributed by atoms with Gasteiger partial charge in [-0.3, -0.25) is 0 Å². The Morgan fingerprint density at radius 1 is 0.867 bits per heavy atom. The van der Waals surface area contributed by atoms with Crippen LogP contribution in [0.25, 0.3) is 0 Å². The van der Waals surface area contributed by atoms with E-state index in [1.807, 2.05) is 45.0 Å². The first-order chi connectivity index (χ1) is 21.7. The van der Waals surface area contributed by atoms with Gasteiger partial charge in [0.25, 0.3) is 0 Å². The Hall–Kier alpha value is -4.27. The first kappa shape index (κ1) is 32.1. The smallest absolute Gasteiger partial charge is 0.407 e. The van der Waals surface area contributed by atoms with Crippen LogP contribution in [-0.4, -0.2) is 47.7 Å². The molecule has 1 unspecified atom stereocenters. The van der Waals surface area contributed by atoms with Gasteiger partial charge in [-0.2, -0.15) is 0 Å². The molecule has 0 spiro atoms. The van der Waals surface area contributed by atoms with Gasteiger partial charge in [0.2, 0.25) is 0 Å². The average molecular weight is 625 g/mol. The van der Waals surface area contributed by atoms with Gasteiger partial charge in [0.05, 0.1) is 17.4 Å². The molecule has 0 aromatic heterocycles. The molecule has 1 aliphatic rings. The highest BCUT2D eigenvalue weighted by molar-refractivity contribution is 8.00. The van der Waals surface area contributed by atoms with Crippen LogP contribution in [0, 0.1) is 0 Å². The number of ether oxygens (including phenoxy) is 2. The third-order valence-corrected chi connectivity index (χ3v) is 9.39. The quantitative estimate of drug-likeness (QED) is 0.150. The van der Waals surface area contributed by atoms with E-state index < -0.39 is 22.4 Å². The Kier molecular flexibility index (Phi) is 10.2. The fourth-order valence-corrected chi connectivity index (χ4v) is 7.27. The number of fused-ring (bicyclic) bond motifs is 1. The second kappa shape index (κ2) is 14.2. The molecule has 0 aliphatic carbocycles. The summed E-state index contributed by atoms with van der Waals surface area (Å²) in [6, 6.07) is 36.1. The molecule has 7 nitrogen and oxygen atoms in total. The molecule has 4 aromatic rings. The summed E-state index contributed by atoms with van der Waals surface area (Å²) in [6.07, 6.45) is 0.185. The average Bonchev–Trinajstić information content (AvgIpc) is 3.04. The largest absolute Gasteiger partial charge is 0.492 e. The van der Waals surface area contributed by atoms with E-state index in [1.165, 1.54) is 0 Å². The van der Waals surface area contributed by atoms with Crippen LogP contribution in [0.5, 0.6) is 5.75 Å². The predicted octanol–water partition coefficient (Wildman–Crippen LogP) is 7.42. The van der Waals surface area contributed by atoms with Crippen LogP contribution in [0.3, 0.4) is 0 Å². The van der Waals surface area contributed by atoms with Crippen molar-refractivity contribution in [1.82, 2.24) is 10.6 Å². The van der Waals surface area contributed by atoms with Gasteiger partial charge >= 0.3 is 12.1 Å². The second-order valence-corrected chi connectivity index (χ2v) is 13.3. The van der Waals surface area contributed by atoms with Crippen molar-refractivity contribution in [3.8, 4) is 5.75 Å². The zero-order valence-electron chi connectivity index (χ0n) is 25.9. The summed E-state index contributed by atoms with van der Waals surface area (Å²) in [7, 11) is 0. The van der Waals surface area contributed by atoms with Gasteiger partial charge in [0.1, 0.15) is 16.9 Å². The molecular weight excluding hydrogens is 584 g/mol. The second-order valence-electron chi connectivity index (χ2n) is 12.1. The lowest BCUT2D eigenvalue weighted by molar-refractivity contribution is 0.0507.